The summed E-state index contributed by atoms with van der Waals surface area (Å²) in [6, 6.07) is 5.61. The van der Waals surface area contributed by atoms with E-state index in [1.807, 2.05) is 0 Å². The molecule has 1 aromatic carbocycles. The molecule has 0 fully saturated rings. The number of hydrogen-bond donors (Lipinski definition) is 3. The van der Waals surface area contributed by atoms with Gasteiger partial charge in [0.25, 0.3) is 11.6 Å². The number of unbranched alkanes of at least 4 members (excludes halogenated alkanes) is 1. The Hall–Kier alpha value is -3.76. The van der Waals surface area contributed by atoms with Crippen molar-refractivity contribution >= 4 is 29.0 Å². The molecule has 0 bridgehead atoms. The minimum absolute atomic E-state index is 0.00861. The standard InChI is InChI=1S/C18H20N4O7/c1-11-17(21-18(26)19-11)14(23)8-4-5-9-16(25)29-10-15(24)20-12-6-2-3-7-13(12)22(27)28/h2-3,6-7H,4-5,8-10H2,1H3,(H,20,24)(H2,19,21,26). The predicted molar refractivity (Wildman–Crippen MR) is 102 cm³/mol. The van der Waals surface area contributed by atoms with Gasteiger partial charge in [-0.2, -0.15) is 0 Å². The van der Waals surface area contributed by atoms with Gasteiger partial charge in [0.15, 0.2) is 12.4 Å². The summed E-state index contributed by atoms with van der Waals surface area (Å²) in [7, 11) is 0. The van der Waals surface area contributed by atoms with Gasteiger partial charge in [-0.05, 0) is 25.8 Å². The number of aryl methyl sites for hydroxylation is 1. The van der Waals surface area contributed by atoms with Crippen LogP contribution in [0.5, 0.6) is 0 Å². The lowest BCUT2D eigenvalue weighted by atomic mass is 10.1. The van der Waals surface area contributed by atoms with Crippen LogP contribution in [0.2, 0.25) is 0 Å². The average molecular weight is 404 g/mol. The number of aromatic amines is 2. The van der Waals surface area contributed by atoms with Gasteiger partial charge < -0.3 is 20.0 Å². The molecule has 0 aliphatic heterocycles. The van der Waals surface area contributed by atoms with Crippen molar-refractivity contribution < 1.29 is 24.0 Å². The number of esters is 1. The molecule has 0 radical (unpaired) electrons. The average Bonchev–Trinajstić information content (AvgIpc) is 3.02. The van der Waals surface area contributed by atoms with Crippen LogP contribution >= 0.6 is 0 Å². The van der Waals surface area contributed by atoms with Crippen LogP contribution in [0.3, 0.4) is 0 Å². The number of hydrogen-bond acceptors (Lipinski definition) is 7. The third-order valence-corrected chi connectivity index (χ3v) is 3.97. The van der Waals surface area contributed by atoms with E-state index >= 15 is 0 Å². The van der Waals surface area contributed by atoms with Gasteiger partial charge in [0.05, 0.1) is 4.92 Å². The number of nitro groups is 1. The first-order chi connectivity index (χ1) is 13.8. The first-order valence-electron chi connectivity index (χ1n) is 8.79. The van der Waals surface area contributed by atoms with Gasteiger partial charge >= 0.3 is 11.7 Å². The summed E-state index contributed by atoms with van der Waals surface area (Å²) in [5, 5.41) is 13.2. The molecule has 11 heteroatoms. The Labute approximate surface area is 164 Å². The second kappa shape index (κ2) is 9.97. The van der Waals surface area contributed by atoms with Crippen molar-refractivity contribution in [1.82, 2.24) is 9.97 Å². The van der Waals surface area contributed by atoms with Crippen molar-refractivity contribution in [2.24, 2.45) is 0 Å². The molecule has 3 N–H and O–H groups in total. The molecule has 0 spiro atoms. The zero-order valence-corrected chi connectivity index (χ0v) is 15.6. The van der Waals surface area contributed by atoms with Crippen molar-refractivity contribution in [3.8, 4) is 0 Å². The number of carbonyl (C=O) groups excluding carboxylic acids is 3. The fraction of sp³-hybridized carbons (Fsp3) is 0.333. The minimum atomic E-state index is -0.699. The highest BCUT2D eigenvalue weighted by atomic mass is 16.6. The van der Waals surface area contributed by atoms with Crippen molar-refractivity contribution in [3.05, 3.63) is 56.3 Å². The SMILES string of the molecule is Cc1[nH]c(=O)[nH]c1C(=O)CCCCC(=O)OCC(=O)Nc1ccccc1[N+](=O)[O-]. The highest BCUT2D eigenvalue weighted by Gasteiger charge is 2.16. The fourth-order valence-corrected chi connectivity index (χ4v) is 2.57. The van der Waals surface area contributed by atoms with Gasteiger partial charge in [-0.15, -0.1) is 0 Å². The van der Waals surface area contributed by atoms with Gasteiger partial charge in [0, 0.05) is 24.6 Å². The Bertz CT molecular complexity index is 977. The number of imidazole rings is 1. The number of H-pyrrole nitrogens is 2. The lowest BCUT2D eigenvalue weighted by molar-refractivity contribution is -0.383. The number of ketones is 1. The second-order valence-corrected chi connectivity index (χ2v) is 6.19. The van der Waals surface area contributed by atoms with E-state index < -0.39 is 29.1 Å². The number of aromatic nitrogens is 2. The van der Waals surface area contributed by atoms with E-state index in [1.54, 1.807) is 6.92 Å². The van der Waals surface area contributed by atoms with E-state index in [1.165, 1.54) is 24.3 Å². The zero-order valence-electron chi connectivity index (χ0n) is 15.6. The first kappa shape index (κ1) is 21.5. The number of para-hydroxylation sites is 2. The van der Waals surface area contributed by atoms with Gasteiger partial charge in [-0.25, -0.2) is 4.79 Å². The number of nitrogens with zero attached hydrogens (tertiary/aromatic N) is 1. The van der Waals surface area contributed by atoms with E-state index in [9.17, 15) is 29.3 Å². The Morgan fingerprint density at radius 1 is 1.14 bits per heavy atom. The highest BCUT2D eigenvalue weighted by molar-refractivity contribution is 5.95. The summed E-state index contributed by atoms with van der Waals surface area (Å²) in [6.07, 6.45) is 0.932. The number of Topliss-reactive ketones (excluding diaryl/α,β-unsaturated/α-hetero) is 1. The maximum Gasteiger partial charge on any atom is 0.323 e. The number of anilines is 1. The lowest BCUT2D eigenvalue weighted by Gasteiger charge is -2.07. The summed E-state index contributed by atoms with van der Waals surface area (Å²) in [5.41, 5.74) is -0.0205. The van der Waals surface area contributed by atoms with E-state index in [4.69, 9.17) is 4.74 Å². The Morgan fingerprint density at radius 2 is 1.83 bits per heavy atom. The zero-order chi connectivity index (χ0) is 21.4. The van der Waals surface area contributed by atoms with Crippen molar-refractivity contribution in [2.75, 3.05) is 11.9 Å². The maximum absolute atomic E-state index is 12.0. The smallest absolute Gasteiger partial charge is 0.323 e. The van der Waals surface area contributed by atoms with Crippen molar-refractivity contribution in [1.29, 1.82) is 0 Å². The molecule has 0 aliphatic rings. The summed E-state index contributed by atoms with van der Waals surface area (Å²) < 4.78 is 4.83. The first-order valence-corrected chi connectivity index (χ1v) is 8.79. The van der Waals surface area contributed by atoms with Crippen LogP contribution in [0.1, 0.15) is 41.9 Å². The fourth-order valence-electron chi connectivity index (χ4n) is 2.57. The number of ether oxygens (including phenoxy) is 1. The summed E-state index contributed by atoms with van der Waals surface area (Å²) in [6.45, 7) is 1.03. The topological polar surface area (TPSA) is 164 Å². The number of nitro benzene ring substituents is 1. The summed E-state index contributed by atoms with van der Waals surface area (Å²) >= 11 is 0. The Balaban J connectivity index is 1.69. The van der Waals surface area contributed by atoms with Crippen LogP contribution in [0.4, 0.5) is 11.4 Å². The molecular formula is C18H20N4O7. The molecular weight excluding hydrogens is 384 g/mol. The Kier molecular flexibility index (Phi) is 7.40. The number of benzene rings is 1. The molecule has 0 aliphatic carbocycles. The quantitative estimate of drug-likeness (QED) is 0.179. The van der Waals surface area contributed by atoms with Crippen LogP contribution in [0.25, 0.3) is 0 Å². The summed E-state index contributed by atoms with van der Waals surface area (Å²) in [5.74, 6) is -1.56. The van der Waals surface area contributed by atoms with Crippen LogP contribution in [0.15, 0.2) is 29.1 Å². The molecule has 2 aromatic rings. The minimum Gasteiger partial charge on any atom is -0.456 e. The highest BCUT2D eigenvalue weighted by Crippen LogP contribution is 2.22. The largest absolute Gasteiger partial charge is 0.456 e. The molecule has 29 heavy (non-hydrogen) atoms. The number of rotatable bonds is 10. The van der Waals surface area contributed by atoms with Crippen LogP contribution in [-0.2, 0) is 14.3 Å². The molecule has 0 unspecified atom stereocenters. The van der Waals surface area contributed by atoms with Crippen LogP contribution in [-0.4, -0.2) is 39.2 Å². The van der Waals surface area contributed by atoms with Crippen molar-refractivity contribution in [3.63, 3.8) is 0 Å². The third kappa shape index (κ3) is 6.41. The third-order valence-electron chi connectivity index (χ3n) is 3.97. The molecule has 1 heterocycles. The molecule has 1 aromatic heterocycles. The van der Waals surface area contributed by atoms with Gasteiger partial charge in [-0.1, -0.05) is 12.1 Å². The maximum atomic E-state index is 12.0. The van der Waals surface area contributed by atoms with E-state index in [-0.39, 0.29) is 35.7 Å². The predicted octanol–water partition coefficient (Wildman–Crippen LogP) is 1.84. The normalized spacial score (nSPS) is 10.4. The lowest BCUT2D eigenvalue weighted by Crippen LogP contribution is -2.21. The molecule has 0 saturated heterocycles. The van der Waals surface area contributed by atoms with E-state index in [2.05, 4.69) is 15.3 Å². The van der Waals surface area contributed by atoms with Crippen LogP contribution < -0.4 is 11.0 Å². The van der Waals surface area contributed by atoms with Crippen molar-refractivity contribution in [2.45, 2.75) is 32.6 Å². The monoisotopic (exact) mass is 404 g/mol. The number of amides is 1. The van der Waals surface area contributed by atoms with Gasteiger partial charge in [0.1, 0.15) is 11.4 Å². The molecule has 2 rings (SSSR count). The number of nitrogens with one attached hydrogen (secondary N) is 3. The van der Waals surface area contributed by atoms with Gasteiger partial charge in [-0.3, -0.25) is 24.5 Å². The molecule has 11 nitrogen and oxygen atoms in total. The molecule has 0 saturated carbocycles. The van der Waals surface area contributed by atoms with E-state index in [0.29, 0.717) is 18.5 Å². The molecule has 0 atom stereocenters. The van der Waals surface area contributed by atoms with Crippen LogP contribution in [0, 0.1) is 17.0 Å². The Morgan fingerprint density at radius 3 is 2.48 bits per heavy atom. The molecule has 1 amide bonds. The molecule has 154 valence electrons. The van der Waals surface area contributed by atoms with E-state index in [0.717, 1.165) is 0 Å². The number of carbonyl (C=O) groups is 3. The summed E-state index contributed by atoms with van der Waals surface area (Å²) in [4.78, 5) is 61.8. The van der Waals surface area contributed by atoms with Gasteiger partial charge in [0.2, 0.25) is 0 Å². The second-order valence-electron chi connectivity index (χ2n) is 6.19.